The predicted molar refractivity (Wildman–Crippen MR) is 91.6 cm³/mol. The Morgan fingerprint density at radius 3 is 2.30 bits per heavy atom. The van der Waals surface area contributed by atoms with Crippen LogP contribution in [0.1, 0.15) is 23.1 Å². The number of carbonyl (C=O) groups excluding carboxylic acids is 2. The lowest BCUT2D eigenvalue weighted by molar-refractivity contribution is -0.114. The Morgan fingerprint density at radius 1 is 1.10 bits per heavy atom. The number of rotatable bonds is 3. The zero-order valence-corrected chi connectivity index (χ0v) is 14.7. The Balaban J connectivity index is 2.52. The van der Waals surface area contributed by atoms with Gasteiger partial charge in [0.05, 0.1) is 11.3 Å². The van der Waals surface area contributed by atoms with Gasteiger partial charge in [0.1, 0.15) is 0 Å². The number of halogens is 2. The van der Waals surface area contributed by atoms with E-state index in [-0.39, 0.29) is 17.5 Å². The van der Waals surface area contributed by atoms with Crippen LogP contribution in [0.25, 0.3) is 0 Å². The van der Waals surface area contributed by atoms with Gasteiger partial charge in [-0.3, -0.25) is 9.59 Å². The normalized spacial score (nSPS) is 10.2. The quantitative estimate of drug-likeness (QED) is 0.528. The summed E-state index contributed by atoms with van der Waals surface area (Å²) < 4.78 is 1.88. The Hall–Kier alpha value is -1.10. The SMILES string of the molecule is CC(=O)Nc1cc(I)c(I)cc1C(=O)c1ncccn1. The third-order valence-electron chi connectivity index (χ3n) is 2.38. The average molecular weight is 493 g/mol. The number of nitrogens with one attached hydrogen (secondary N) is 1. The molecule has 0 aliphatic heterocycles. The summed E-state index contributed by atoms with van der Waals surface area (Å²) in [7, 11) is 0. The van der Waals surface area contributed by atoms with Gasteiger partial charge in [-0.15, -0.1) is 0 Å². The van der Waals surface area contributed by atoms with Gasteiger partial charge in [0.25, 0.3) is 0 Å². The molecule has 7 heteroatoms. The fourth-order valence-corrected chi connectivity index (χ4v) is 2.50. The lowest BCUT2D eigenvalue weighted by Crippen LogP contribution is -2.14. The number of benzene rings is 1. The van der Waals surface area contributed by atoms with Crippen LogP contribution in [0.4, 0.5) is 5.69 Å². The Bertz CT molecular complexity index is 675. The minimum absolute atomic E-state index is 0.108. The van der Waals surface area contributed by atoms with E-state index in [1.165, 1.54) is 19.3 Å². The fourth-order valence-electron chi connectivity index (χ4n) is 1.56. The summed E-state index contributed by atoms with van der Waals surface area (Å²) in [5.74, 6) is -0.440. The van der Waals surface area contributed by atoms with Crippen molar-refractivity contribution >= 4 is 62.6 Å². The van der Waals surface area contributed by atoms with Crippen molar-refractivity contribution < 1.29 is 9.59 Å². The zero-order chi connectivity index (χ0) is 14.7. The van der Waals surface area contributed by atoms with E-state index in [1.54, 1.807) is 18.2 Å². The largest absolute Gasteiger partial charge is 0.326 e. The summed E-state index contributed by atoms with van der Waals surface area (Å²) in [6.45, 7) is 1.40. The summed E-state index contributed by atoms with van der Waals surface area (Å²) in [5, 5.41) is 2.67. The van der Waals surface area contributed by atoms with E-state index in [0.29, 0.717) is 11.3 Å². The van der Waals surface area contributed by atoms with Crippen molar-refractivity contribution in [2.24, 2.45) is 0 Å². The molecular weight excluding hydrogens is 484 g/mol. The van der Waals surface area contributed by atoms with Gasteiger partial charge in [0.15, 0.2) is 0 Å². The van der Waals surface area contributed by atoms with Crippen molar-refractivity contribution in [3.8, 4) is 0 Å². The average Bonchev–Trinajstić information content (AvgIpc) is 2.42. The lowest BCUT2D eigenvalue weighted by atomic mass is 10.1. The van der Waals surface area contributed by atoms with Gasteiger partial charge >= 0.3 is 0 Å². The highest BCUT2D eigenvalue weighted by Crippen LogP contribution is 2.26. The molecule has 0 aliphatic rings. The van der Waals surface area contributed by atoms with Gasteiger partial charge in [-0.2, -0.15) is 0 Å². The molecule has 102 valence electrons. The second-order valence-corrected chi connectivity index (χ2v) is 6.22. The molecule has 0 saturated carbocycles. The predicted octanol–water partition coefficient (Wildman–Crippen LogP) is 2.88. The van der Waals surface area contributed by atoms with Gasteiger partial charge in [-0.25, -0.2) is 9.97 Å². The molecule has 2 rings (SSSR count). The molecule has 0 radical (unpaired) electrons. The number of carbonyl (C=O) groups is 2. The molecule has 0 aliphatic carbocycles. The number of anilines is 1. The van der Waals surface area contributed by atoms with Gasteiger partial charge in [-0.1, -0.05) is 0 Å². The standard InChI is InChI=1S/C13H9I2N3O2/c1-7(19)18-11-6-10(15)9(14)5-8(11)12(20)13-16-3-2-4-17-13/h2-6H,1H3,(H,18,19). The van der Waals surface area contributed by atoms with E-state index in [0.717, 1.165) is 7.14 Å². The molecule has 1 amide bonds. The van der Waals surface area contributed by atoms with Crippen LogP contribution in [0.3, 0.4) is 0 Å². The Morgan fingerprint density at radius 2 is 1.70 bits per heavy atom. The van der Waals surface area contributed by atoms with Gasteiger partial charge in [0.2, 0.25) is 17.5 Å². The molecule has 5 nitrogen and oxygen atoms in total. The maximum atomic E-state index is 12.4. The third kappa shape index (κ3) is 3.51. The molecule has 1 aromatic heterocycles. The smallest absolute Gasteiger partial charge is 0.232 e. The first-order valence-corrected chi connectivity index (χ1v) is 7.73. The van der Waals surface area contributed by atoms with Crippen molar-refractivity contribution in [3.05, 3.63) is 49.1 Å². The fraction of sp³-hybridized carbons (Fsp3) is 0.0769. The second-order valence-electron chi connectivity index (χ2n) is 3.89. The van der Waals surface area contributed by atoms with Crippen molar-refractivity contribution in [1.82, 2.24) is 9.97 Å². The molecule has 0 spiro atoms. The highest BCUT2D eigenvalue weighted by molar-refractivity contribution is 14.1. The molecular formula is C13H9I2N3O2. The molecule has 0 fully saturated rings. The van der Waals surface area contributed by atoms with Crippen LogP contribution in [-0.2, 0) is 4.79 Å². The summed E-state index contributed by atoms with van der Waals surface area (Å²) >= 11 is 4.29. The summed E-state index contributed by atoms with van der Waals surface area (Å²) in [6, 6.07) is 5.13. The summed E-state index contributed by atoms with van der Waals surface area (Å²) in [5.41, 5.74) is 0.857. The number of nitrogens with zero attached hydrogens (tertiary/aromatic N) is 2. The number of aromatic nitrogens is 2. The zero-order valence-electron chi connectivity index (χ0n) is 10.4. The van der Waals surface area contributed by atoms with Crippen LogP contribution < -0.4 is 5.32 Å². The first kappa shape index (κ1) is 15.3. The van der Waals surface area contributed by atoms with E-state index in [9.17, 15) is 9.59 Å². The molecule has 1 N–H and O–H groups in total. The van der Waals surface area contributed by atoms with Gasteiger partial charge < -0.3 is 5.32 Å². The maximum Gasteiger partial charge on any atom is 0.232 e. The van der Waals surface area contributed by atoms with Crippen molar-refractivity contribution in [2.45, 2.75) is 6.92 Å². The summed E-state index contributed by atoms with van der Waals surface area (Å²) in [4.78, 5) is 31.6. The third-order valence-corrected chi connectivity index (χ3v) is 5.20. The second kappa shape index (κ2) is 6.57. The molecule has 0 unspecified atom stereocenters. The highest BCUT2D eigenvalue weighted by Gasteiger charge is 2.18. The number of hydrogen-bond donors (Lipinski definition) is 1. The molecule has 1 heterocycles. The van der Waals surface area contributed by atoms with Crippen LogP contribution in [-0.4, -0.2) is 21.7 Å². The van der Waals surface area contributed by atoms with E-state index in [1.807, 2.05) is 0 Å². The summed E-state index contributed by atoms with van der Waals surface area (Å²) in [6.07, 6.45) is 3.02. The first-order valence-electron chi connectivity index (χ1n) is 5.57. The van der Waals surface area contributed by atoms with Crippen molar-refractivity contribution in [1.29, 1.82) is 0 Å². The van der Waals surface area contributed by atoms with E-state index in [2.05, 4.69) is 60.5 Å². The molecule has 0 bridgehead atoms. The minimum atomic E-state index is -0.316. The maximum absolute atomic E-state index is 12.4. The van der Waals surface area contributed by atoms with Crippen LogP contribution >= 0.6 is 45.2 Å². The lowest BCUT2D eigenvalue weighted by Gasteiger charge is -2.10. The van der Waals surface area contributed by atoms with Gasteiger partial charge in [0, 0.05) is 26.5 Å². The number of amides is 1. The number of ketones is 1. The van der Waals surface area contributed by atoms with Crippen molar-refractivity contribution in [2.75, 3.05) is 5.32 Å². The van der Waals surface area contributed by atoms with Crippen molar-refractivity contribution in [3.63, 3.8) is 0 Å². The highest BCUT2D eigenvalue weighted by atomic mass is 127. The minimum Gasteiger partial charge on any atom is -0.326 e. The van der Waals surface area contributed by atoms with Crippen LogP contribution in [0, 0.1) is 7.14 Å². The molecule has 20 heavy (non-hydrogen) atoms. The molecule has 2 aromatic rings. The van der Waals surface area contributed by atoms with Crippen LogP contribution in [0.2, 0.25) is 0 Å². The molecule has 0 atom stereocenters. The molecule has 0 saturated heterocycles. The molecule has 1 aromatic carbocycles. The Kier molecular flexibility index (Phi) is 5.02. The van der Waals surface area contributed by atoms with E-state index in [4.69, 9.17) is 0 Å². The van der Waals surface area contributed by atoms with E-state index < -0.39 is 0 Å². The first-order chi connectivity index (χ1) is 9.49. The van der Waals surface area contributed by atoms with E-state index >= 15 is 0 Å². The Labute approximate surface area is 142 Å². The topological polar surface area (TPSA) is 72.0 Å². The van der Waals surface area contributed by atoms with Crippen LogP contribution in [0.5, 0.6) is 0 Å². The number of hydrogen-bond acceptors (Lipinski definition) is 4. The van der Waals surface area contributed by atoms with Gasteiger partial charge in [-0.05, 0) is 63.4 Å². The monoisotopic (exact) mass is 493 g/mol. The van der Waals surface area contributed by atoms with Crippen LogP contribution in [0.15, 0.2) is 30.6 Å².